The number of carbonyl (C=O) groups is 1. The van der Waals surface area contributed by atoms with Crippen molar-refractivity contribution in [1.29, 1.82) is 0 Å². The molecule has 0 spiro atoms. The van der Waals surface area contributed by atoms with Gasteiger partial charge in [-0.2, -0.15) is 0 Å². The molecule has 0 saturated heterocycles. The number of anilines is 2. The van der Waals surface area contributed by atoms with E-state index in [0.717, 1.165) is 40.0 Å². The highest BCUT2D eigenvalue weighted by Crippen LogP contribution is 2.28. The minimum absolute atomic E-state index is 0.283. The van der Waals surface area contributed by atoms with E-state index in [4.69, 9.17) is 4.74 Å². The second-order valence-corrected chi connectivity index (χ2v) is 6.12. The van der Waals surface area contributed by atoms with Crippen molar-refractivity contribution < 1.29 is 9.53 Å². The number of rotatable bonds is 5. The average Bonchev–Trinajstić information content (AvgIpc) is 2.61. The lowest BCUT2D eigenvalue weighted by atomic mass is 10.1. The van der Waals surface area contributed by atoms with E-state index < -0.39 is 0 Å². The smallest absolute Gasteiger partial charge is 0.338 e. The van der Waals surface area contributed by atoms with Crippen molar-refractivity contribution in [2.24, 2.45) is 0 Å². The summed E-state index contributed by atoms with van der Waals surface area (Å²) >= 11 is 0. The molecule has 1 heterocycles. The number of ether oxygens (including phenoxy) is 1. The van der Waals surface area contributed by atoms with Crippen LogP contribution in [-0.2, 0) is 4.74 Å². The Morgan fingerprint density at radius 2 is 1.88 bits per heavy atom. The van der Waals surface area contributed by atoms with Crippen molar-refractivity contribution >= 4 is 28.2 Å². The number of para-hydroxylation sites is 1. The first kappa shape index (κ1) is 17.0. The monoisotopic (exact) mass is 334 g/mol. The number of benzene rings is 2. The van der Waals surface area contributed by atoms with Crippen LogP contribution in [0.25, 0.3) is 10.9 Å². The third-order valence-corrected chi connectivity index (χ3v) is 4.01. The van der Waals surface area contributed by atoms with Crippen LogP contribution >= 0.6 is 0 Å². The second-order valence-electron chi connectivity index (χ2n) is 6.12. The lowest BCUT2D eigenvalue weighted by molar-refractivity contribution is 0.0505. The molecule has 0 aliphatic rings. The van der Waals surface area contributed by atoms with Crippen LogP contribution in [0.4, 0.5) is 11.4 Å². The van der Waals surface area contributed by atoms with E-state index in [0.29, 0.717) is 12.2 Å². The normalized spacial score (nSPS) is 10.7. The Balaban J connectivity index is 1.87. The molecule has 0 fully saturated rings. The first-order valence-corrected chi connectivity index (χ1v) is 8.49. The molecule has 0 bridgehead atoms. The SMILES string of the molecule is CCCOC(=O)c1ccc(Nc2cc(C)nc3c(C)cccc23)cc1. The molecule has 2 aromatic carbocycles. The van der Waals surface area contributed by atoms with Gasteiger partial charge in [-0.15, -0.1) is 0 Å². The van der Waals surface area contributed by atoms with E-state index in [1.165, 1.54) is 0 Å². The van der Waals surface area contributed by atoms with Gasteiger partial charge in [0.15, 0.2) is 0 Å². The summed E-state index contributed by atoms with van der Waals surface area (Å²) in [6, 6.07) is 15.5. The molecule has 25 heavy (non-hydrogen) atoms. The maximum Gasteiger partial charge on any atom is 0.338 e. The number of nitrogens with zero attached hydrogens (tertiary/aromatic N) is 1. The molecule has 3 rings (SSSR count). The molecule has 1 aromatic heterocycles. The first-order chi connectivity index (χ1) is 12.1. The standard InChI is InChI=1S/C21H22N2O2/c1-4-12-25-21(24)16-8-10-17(11-9-16)23-19-13-15(3)22-20-14(2)6-5-7-18(19)20/h5-11,13H,4,12H2,1-3H3,(H,22,23). The number of fused-ring (bicyclic) bond motifs is 1. The van der Waals surface area contributed by atoms with Gasteiger partial charge < -0.3 is 10.1 Å². The molecule has 0 unspecified atom stereocenters. The Hall–Kier alpha value is -2.88. The van der Waals surface area contributed by atoms with Crippen molar-refractivity contribution in [3.63, 3.8) is 0 Å². The van der Waals surface area contributed by atoms with Crippen molar-refractivity contribution in [2.45, 2.75) is 27.2 Å². The lowest BCUT2D eigenvalue weighted by Crippen LogP contribution is -2.05. The topological polar surface area (TPSA) is 51.2 Å². The van der Waals surface area contributed by atoms with Crippen LogP contribution in [0, 0.1) is 13.8 Å². The maximum absolute atomic E-state index is 11.9. The van der Waals surface area contributed by atoms with Crippen LogP contribution in [-0.4, -0.2) is 17.6 Å². The van der Waals surface area contributed by atoms with Crippen molar-refractivity contribution in [3.8, 4) is 0 Å². The van der Waals surface area contributed by atoms with E-state index in [9.17, 15) is 4.79 Å². The van der Waals surface area contributed by atoms with Crippen molar-refractivity contribution in [2.75, 3.05) is 11.9 Å². The van der Waals surface area contributed by atoms with Gasteiger partial charge in [0.05, 0.1) is 17.7 Å². The van der Waals surface area contributed by atoms with E-state index in [1.54, 1.807) is 12.1 Å². The molecule has 128 valence electrons. The summed E-state index contributed by atoms with van der Waals surface area (Å²) in [5.41, 5.74) is 5.60. The van der Waals surface area contributed by atoms with Crippen LogP contribution in [0.1, 0.15) is 35.0 Å². The lowest BCUT2D eigenvalue weighted by Gasteiger charge is -2.12. The minimum atomic E-state index is -0.283. The quantitative estimate of drug-likeness (QED) is 0.655. The highest BCUT2D eigenvalue weighted by molar-refractivity contribution is 5.95. The van der Waals surface area contributed by atoms with Crippen LogP contribution < -0.4 is 5.32 Å². The molecular formula is C21H22N2O2. The molecule has 0 amide bonds. The molecule has 0 aliphatic carbocycles. The third-order valence-electron chi connectivity index (χ3n) is 4.01. The molecular weight excluding hydrogens is 312 g/mol. The van der Waals surface area contributed by atoms with Crippen LogP contribution in [0.15, 0.2) is 48.5 Å². The summed E-state index contributed by atoms with van der Waals surface area (Å²) in [4.78, 5) is 16.5. The van der Waals surface area contributed by atoms with Gasteiger partial charge in [0.2, 0.25) is 0 Å². The number of aryl methyl sites for hydroxylation is 2. The van der Waals surface area contributed by atoms with Crippen molar-refractivity contribution in [3.05, 3.63) is 65.4 Å². The molecule has 1 N–H and O–H groups in total. The van der Waals surface area contributed by atoms with Crippen LogP contribution in [0.3, 0.4) is 0 Å². The Kier molecular flexibility index (Phi) is 4.98. The Morgan fingerprint density at radius 3 is 2.60 bits per heavy atom. The zero-order valence-electron chi connectivity index (χ0n) is 14.8. The number of pyridine rings is 1. The fourth-order valence-corrected chi connectivity index (χ4v) is 2.75. The van der Waals surface area contributed by atoms with Crippen LogP contribution in [0.2, 0.25) is 0 Å². The number of hydrogen-bond acceptors (Lipinski definition) is 4. The number of esters is 1. The second kappa shape index (κ2) is 7.34. The third kappa shape index (κ3) is 3.79. The predicted octanol–water partition coefficient (Wildman–Crippen LogP) is 5.16. The van der Waals surface area contributed by atoms with E-state index in [-0.39, 0.29) is 5.97 Å². The molecule has 3 aromatic rings. The first-order valence-electron chi connectivity index (χ1n) is 8.49. The van der Waals surface area contributed by atoms with Crippen LogP contribution in [0.5, 0.6) is 0 Å². The zero-order valence-corrected chi connectivity index (χ0v) is 14.8. The summed E-state index contributed by atoms with van der Waals surface area (Å²) in [6.07, 6.45) is 0.819. The van der Waals surface area contributed by atoms with Gasteiger partial charge in [0.25, 0.3) is 0 Å². The van der Waals surface area contributed by atoms with Crippen molar-refractivity contribution in [1.82, 2.24) is 4.98 Å². The Labute approximate surface area is 147 Å². The van der Waals surface area contributed by atoms with Gasteiger partial charge in [-0.3, -0.25) is 4.98 Å². The summed E-state index contributed by atoms with van der Waals surface area (Å²) < 4.78 is 5.15. The molecule has 0 atom stereocenters. The average molecular weight is 334 g/mol. The Bertz CT molecular complexity index is 902. The van der Waals surface area contributed by atoms with Gasteiger partial charge in [-0.1, -0.05) is 25.1 Å². The number of aromatic nitrogens is 1. The number of carbonyl (C=O) groups excluding carboxylic acids is 1. The summed E-state index contributed by atoms with van der Waals surface area (Å²) in [6.45, 7) is 6.47. The summed E-state index contributed by atoms with van der Waals surface area (Å²) in [7, 11) is 0. The van der Waals surface area contributed by atoms with E-state index in [2.05, 4.69) is 29.4 Å². The molecule has 0 aliphatic heterocycles. The highest BCUT2D eigenvalue weighted by atomic mass is 16.5. The maximum atomic E-state index is 11.9. The van der Waals surface area contributed by atoms with Gasteiger partial charge in [-0.25, -0.2) is 4.79 Å². The molecule has 0 saturated carbocycles. The summed E-state index contributed by atoms with van der Waals surface area (Å²) in [5, 5.41) is 4.51. The van der Waals surface area contributed by atoms with Gasteiger partial charge in [0.1, 0.15) is 0 Å². The number of nitrogens with one attached hydrogen (secondary N) is 1. The number of hydrogen-bond donors (Lipinski definition) is 1. The molecule has 4 heteroatoms. The molecule has 4 nitrogen and oxygen atoms in total. The van der Waals surface area contributed by atoms with Gasteiger partial charge >= 0.3 is 5.97 Å². The minimum Gasteiger partial charge on any atom is -0.462 e. The summed E-state index contributed by atoms with van der Waals surface area (Å²) in [5.74, 6) is -0.283. The van der Waals surface area contributed by atoms with E-state index in [1.807, 2.05) is 38.1 Å². The molecule has 0 radical (unpaired) electrons. The fourth-order valence-electron chi connectivity index (χ4n) is 2.75. The van der Waals surface area contributed by atoms with Gasteiger partial charge in [0, 0.05) is 22.5 Å². The predicted molar refractivity (Wildman–Crippen MR) is 102 cm³/mol. The highest BCUT2D eigenvalue weighted by Gasteiger charge is 2.09. The van der Waals surface area contributed by atoms with E-state index >= 15 is 0 Å². The Morgan fingerprint density at radius 1 is 1.12 bits per heavy atom. The largest absolute Gasteiger partial charge is 0.462 e. The fraction of sp³-hybridized carbons (Fsp3) is 0.238. The zero-order chi connectivity index (χ0) is 17.8. The van der Waals surface area contributed by atoms with Gasteiger partial charge in [-0.05, 0) is 56.2 Å².